The van der Waals surface area contributed by atoms with Gasteiger partial charge in [0.2, 0.25) is 5.91 Å². The zero-order chi connectivity index (χ0) is 20.1. The largest absolute Gasteiger partial charge is 0.339 e. The zero-order valence-corrected chi connectivity index (χ0v) is 17.8. The molecule has 3 rings (SSSR count). The smallest absolute Gasteiger partial charge is 0.238 e. The van der Waals surface area contributed by atoms with Crippen molar-refractivity contribution >= 4 is 5.91 Å². The molecule has 1 heterocycles. The Labute approximate surface area is 170 Å². The van der Waals surface area contributed by atoms with Crippen LogP contribution in [0.3, 0.4) is 0 Å². The van der Waals surface area contributed by atoms with Gasteiger partial charge in [-0.05, 0) is 51.0 Å². The standard InChI is InChI=1S/C25H34N2O/c1-5-26(6-2)18-17-23-19-27(20(3)4)24(28)25(23,21-13-9-7-10-14-21)22-15-11-8-12-16-22/h7-16,20,23H,5-6,17-19H2,1-4H3/t23-/m1/s1. The molecule has 0 bridgehead atoms. The molecule has 1 aliphatic rings. The fourth-order valence-electron chi connectivity index (χ4n) is 4.78. The lowest BCUT2D eigenvalue weighted by atomic mass is 9.66. The average Bonchev–Trinajstić information content (AvgIpc) is 3.03. The first-order valence-electron chi connectivity index (χ1n) is 10.7. The molecule has 2 aromatic carbocycles. The highest BCUT2D eigenvalue weighted by Gasteiger charge is 2.56. The van der Waals surface area contributed by atoms with Crippen molar-refractivity contribution in [2.75, 3.05) is 26.2 Å². The number of carbonyl (C=O) groups excluding carboxylic acids is 1. The van der Waals surface area contributed by atoms with Gasteiger partial charge in [0.15, 0.2) is 0 Å². The van der Waals surface area contributed by atoms with Crippen LogP contribution < -0.4 is 0 Å². The summed E-state index contributed by atoms with van der Waals surface area (Å²) in [6, 6.07) is 21.1. The molecular weight excluding hydrogens is 344 g/mol. The van der Waals surface area contributed by atoms with Crippen LogP contribution in [0, 0.1) is 5.92 Å². The Morgan fingerprint density at radius 3 is 1.89 bits per heavy atom. The van der Waals surface area contributed by atoms with E-state index in [0.29, 0.717) is 0 Å². The van der Waals surface area contributed by atoms with E-state index < -0.39 is 5.41 Å². The summed E-state index contributed by atoms with van der Waals surface area (Å²) in [5.74, 6) is 0.511. The number of likely N-dealkylation sites (tertiary alicyclic amines) is 1. The molecule has 0 saturated carbocycles. The van der Waals surface area contributed by atoms with Crippen LogP contribution in [-0.4, -0.2) is 47.9 Å². The molecule has 1 atom stereocenters. The van der Waals surface area contributed by atoms with E-state index in [1.54, 1.807) is 0 Å². The Morgan fingerprint density at radius 2 is 1.46 bits per heavy atom. The summed E-state index contributed by atoms with van der Waals surface area (Å²) in [6.07, 6.45) is 1.01. The Kier molecular flexibility index (Phi) is 6.56. The lowest BCUT2D eigenvalue weighted by Crippen LogP contribution is -2.44. The number of hydrogen-bond acceptors (Lipinski definition) is 2. The molecule has 150 valence electrons. The summed E-state index contributed by atoms with van der Waals surface area (Å²) in [6.45, 7) is 12.6. The first-order valence-corrected chi connectivity index (χ1v) is 10.7. The third kappa shape index (κ3) is 3.60. The highest BCUT2D eigenvalue weighted by atomic mass is 16.2. The molecule has 1 amide bonds. The van der Waals surface area contributed by atoms with Gasteiger partial charge in [-0.15, -0.1) is 0 Å². The van der Waals surface area contributed by atoms with Gasteiger partial charge >= 0.3 is 0 Å². The van der Waals surface area contributed by atoms with Crippen molar-refractivity contribution in [2.24, 2.45) is 5.92 Å². The van der Waals surface area contributed by atoms with Gasteiger partial charge in [-0.2, -0.15) is 0 Å². The molecule has 0 unspecified atom stereocenters. The second-order valence-electron chi connectivity index (χ2n) is 8.10. The van der Waals surface area contributed by atoms with E-state index in [1.165, 1.54) is 0 Å². The molecular formula is C25H34N2O. The Bertz CT molecular complexity index is 713. The van der Waals surface area contributed by atoms with Crippen molar-refractivity contribution in [3.8, 4) is 0 Å². The van der Waals surface area contributed by atoms with Crippen LogP contribution in [0.1, 0.15) is 45.2 Å². The van der Waals surface area contributed by atoms with E-state index in [0.717, 1.165) is 43.7 Å². The highest BCUT2D eigenvalue weighted by molar-refractivity contribution is 5.95. The van der Waals surface area contributed by atoms with Crippen LogP contribution in [0.5, 0.6) is 0 Å². The summed E-state index contributed by atoms with van der Waals surface area (Å²) < 4.78 is 0. The lowest BCUT2D eigenvalue weighted by Gasteiger charge is -2.35. The molecule has 1 fully saturated rings. The van der Waals surface area contributed by atoms with Gasteiger partial charge < -0.3 is 9.80 Å². The maximum absolute atomic E-state index is 14.0. The number of rotatable bonds is 8. The molecule has 0 spiro atoms. The van der Waals surface area contributed by atoms with Crippen molar-refractivity contribution in [3.05, 3.63) is 71.8 Å². The third-order valence-corrected chi connectivity index (χ3v) is 6.40. The van der Waals surface area contributed by atoms with Gasteiger partial charge in [0, 0.05) is 18.5 Å². The third-order valence-electron chi connectivity index (χ3n) is 6.40. The van der Waals surface area contributed by atoms with Crippen LogP contribution in [0.4, 0.5) is 0 Å². The minimum atomic E-state index is -0.597. The molecule has 3 nitrogen and oxygen atoms in total. The summed E-state index contributed by atoms with van der Waals surface area (Å²) >= 11 is 0. The summed E-state index contributed by atoms with van der Waals surface area (Å²) in [5.41, 5.74) is 1.65. The van der Waals surface area contributed by atoms with Crippen molar-refractivity contribution in [2.45, 2.75) is 45.6 Å². The van der Waals surface area contributed by atoms with Crippen molar-refractivity contribution in [1.82, 2.24) is 9.80 Å². The molecule has 0 radical (unpaired) electrons. The molecule has 1 saturated heterocycles. The zero-order valence-electron chi connectivity index (χ0n) is 17.8. The maximum Gasteiger partial charge on any atom is 0.238 e. The molecule has 0 aliphatic carbocycles. The van der Waals surface area contributed by atoms with Crippen LogP contribution >= 0.6 is 0 Å². The van der Waals surface area contributed by atoms with Gasteiger partial charge in [-0.3, -0.25) is 4.79 Å². The van der Waals surface area contributed by atoms with E-state index in [4.69, 9.17) is 0 Å². The number of amides is 1. The predicted molar refractivity (Wildman–Crippen MR) is 116 cm³/mol. The fourth-order valence-corrected chi connectivity index (χ4v) is 4.78. The van der Waals surface area contributed by atoms with Crippen molar-refractivity contribution < 1.29 is 4.79 Å². The Hall–Kier alpha value is -2.13. The van der Waals surface area contributed by atoms with Gasteiger partial charge in [0.1, 0.15) is 5.41 Å². The molecule has 1 aliphatic heterocycles. The Balaban J connectivity index is 2.12. The lowest BCUT2D eigenvalue weighted by molar-refractivity contribution is -0.132. The maximum atomic E-state index is 14.0. The number of benzene rings is 2. The van der Waals surface area contributed by atoms with Gasteiger partial charge in [-0.25, -0.2) is 0 Å². The SMILES string of the molecule is CCN(CC)CC[C@@H]1CN(C(C)C)C(=O)C1(c1ccccc1)c1ccccc1. The second kappa shape index (κ2) is 8.91. The number of hydrogen-bond donors (Lipinski definition) is 0. The van der Waals surface area contributed by atoms with E-state index in [-0.39, 0.29) is 17.9 Å². The van der Waals surface area contributed by atoms with Crippen LogP contribution in [-0.2, 0) is 10.2 Å². The molecule has 0 aromatic heterocycles. The first kappa shape index (κ1) is 20.6. The Morgan fingerprint density at radius 1 is 0.964 bits per heavy atom. The van der Waals surface area contributed by atoms with E-state index in [1.807, 2.05) is 12.1 Å². The van der Waals surface area contributed by atoms with Crippen LogP contribution in [0.2, 0.25) is 0 Å². The first-order chi connectivity index (χ1) is 13.6. The minimum absolute atomic E-state index is 0.206. The molecule has 0 N–H and O–H groups in total. The molecule has 2 aromatic rings. The molecule has 28 heavy (non-hydrogen) atoms. The topological polar surface area (TPSA) is 23.6 Å². The molecule has 3 heteroatoms. The van der Waals surface area contributed by atoms with Gasteiger partial charge in [0.05, 0.1) is 0 Å². The highest BCUT2D eigenvalue weighted by Crippen LogP contribution is 2.47. The van der Waals surface area contributed by atoms with Crippen molar-refractivity contribution in [3.63, 3.8) is 0 Å². The minimum Gasteiger partial charge on any atom is -0.339 e. The summed E-state index contributed by atoms with van der Waals surface area (Å²) in [5, 5.41) is 0. The fraction of sp³-hybridized carbons (Fsp3) is 0.480. The summed E-state index contributed by atoms with van der Waals surface area (Å²) in [4.78, 5) is 18.5. The van der Waals surface area contributed by atoms with E-state index in [9.17, 15) is 4.79 Å². The van der Waals surface area contributed by atoms with Gasteiger partial charge in [-0.1, -0.05) is 74.5 Å². The number of nitrogens with zero attached hydrogens (tertiary/aromatic N) is 2. The van der Waals surface area contributed by atoms with E-state index >= 15 is 0 Å². The van der Waals surface area contributed by atoms with Crippen LogP contribution in [0.25, 0.3) is 0 Å². The number of carbonyl (C=O) groups is 1. The van der Waals surface area contributed by atoms with Crippen molar-refractivity contribution in [1.29, 1.82) is 0 Å². The normalized spacial score (nSPS) is 19.0. The van der Waals surface area contributed by atoms with E-state index in [2.05, 4.69) is 86.0 Å². The average molecular weight is 379 g/mol. The van der Waals surface area contributed by atoms with Crippen LogP contribution in [0.15, 0.2) is 60.7 Å². The quantitative estimate of drug-likeness (QED) is 0.672. The summed E-state index contributed by atoms with van der Waals surface area (Å²) in [7, 11) is 0. The van der Waals surface area contributed by atoms with Gasteiger partial charge in [0.25, 0.3) is 0 Å². The second-order valence-corrected chi connectivity index (χ2v) is 8.10. The predicted octanol–water partition coefficient (Wildman–Crippen LogP) is 4.57. The monoisotopic (exact) mass is 378 g/mol.